The number of anilines is 1. The summed E-state index contributed by atoms with van der Waals surface area (Å²) in [6.45, 7) is 3.11. The lowest BCUT2D eigenvalue weighted by atomic mass is 10.1. The van der Waals surface area contributed by atoms with Gasteiger partial charge in [-0.25, -0.2) is 4.79 Å². The minimum absolute atomic E-state index is 0.142. The van der Waals surface area contributed by atoms with E-state index in [0.29, 0.717) is 11.3 Å². The van der Waals surface area contributed by atoms with Crippen LogP contribution in [-0.2, 0) is 14.3 Å². The van der Waals surface area contributed by atoms with Crippen molar-refractivity contribution in [2.45, 2.75) is 19.9 Å². The molecule has 6 nitrogen and oxygen atoms in total. The third kappa shape index (κ3) is 4.92. The highest BCUT2D eigenvalue weighted by Crippen LogP contribution is 2.18. The second-order valence-corrected chi connectivity index (χ2v) is 5.85. The molecule has 0 aliphatic carbocycles. The summed E-state index contributed by atoms with van der Waals surface area (Å²) in [6, 6.07) is 15.8. The number of amides is 2. The number of hydrogen-bond donors (Lipinski definition) is 1. The highest BCUT2D eigenvalue weighted by Gasteiger charge is 2.19. The van der Waals surface area contributed by atoms with Gasteiger partial charge in [0.25, 0.3) is 0 Å². The highest BCUT2D eigenvalue weighted by atomic mass is 16.5. The standard InChI is InChI=1S/C20H22N2O4/c1-14(16-8-5-4-6-9-16)21-19(24)13-22(15(2)23)18-11-7-10-17(12-18)20(25)26-3/h4-12,14H,13H2,1-3H3,(H,21,24). The van der Waals surface area contributed by atoms with Crippen LogP contribution >= 0.6 is 0 Å². The Bertz CT molecular complexity index is 789. The molecule has 2 aromatic carbocycles. The third-order valence-corrected chi connectivity index (χ3v) is 3.94. The Morgan fingerprint density at radius 3 is 2.38 bits per heavy atom. The molecule has 2 rings (SSSR count). The molecule has 0 aliphatic heterocycles. The van der Waals surface area contributed by atoms with E-state index in [1.54, 1.807) is 18.2 Å². The number of esters is 1. The van der Waals surface area contributed by atoms with Gasteiger partial charge in [-0.2, -0.15) is 0 Å². The van der Waals surface area contributed by atoms with Gasteiger partial charge in [0, 0.05) is 12.6 Å². The molecule has 6 heteroatoms. The number of benzene rings is 2. The van der Waals surface area contributed by atoms with E-state index in [-0.39, 0.29) is 24.4 Å². The molecule has 0 aromatic heterocycles. The van der Waals surface area contributed by atoms with Gasteiger partial charge in [-0.3, -0.25) is 9.59 Å². The monoisotopic (exact) mass is 354 g/mol. The molecule has 0 fully saturated rings. The zero-order valence-corrected chi connectivity index (χ0v) is 15.1. The maximum absolute atomic E-state index is 12.4. The van der Waals surface area contributed by atoms with Crippen LogP contribution in [0.3, 0.4) is 0 Å². The molecular weight excluding hydrogens is 332 g/mol. The van der Waals surface area contributed by atoms with Crippen molar-refractivity contribution in [2.75, 3.05) is 18.6 Å². The van der Waals surface area contributed by atoms with E-state index in [9.17, 15) is 14.4 Å². The molecule has 0 bridgehead atoms. The Balaban J connectivity index is 2.12. The predicted molar refractivity (Wildman–Crippen MR) is 98.8 cm³/mol. The predicted octanol–water partition coefficient (Wildman–Crippen LogP) is 2.70. The molecule has 1 N–H and O–H groups in total. The lowest BCUT2D eigenvalue weighted by Crippen LogP contribution is -2.40. The summed E-state index contributed by atoms with van der Waals surface area (Å²) in [6.07, 6.45) is 0. The second kappa shape index (κ2) is 8.80. The van der Waals surface area contributed by atoms with Crippen LogP contribution in [-0.4, -0.2) is 31.4 Å². The van der Waals surface area contributed by atoms with Gasteiger partial charge in [-0.05, 0) is 30.7 Å². The first-order chi connectivity index (χ1) is 12.4. The number of carbonyl (C=O) groups is 3. The van der Waals surface area contributed by atoms with Crippen LogP contribution in [0.2, 0.25) is 0 Å². The number of hydrogen-bond acceptors (Lipinski definition) is 4. The number of nitrogens with one attached hydrogen (secondary N) is 1. The van der Waals surface area contributed by atoms with Crippen LogP contribution < -0.4 is 10.2 Å². The quantitative estimate of drug-likeness (QED) is 0.809. The van der Waals surface area contributed by atoms with Crippen LogP contribution in [0.5, 0.6) is 0 Å². The topological polar surface area (TPSA) is 75.7 Å². The smallest absolute Gasteiger partial charge is 0.337 e. The van der Waals surface area contributed by atoms with Crippen molar-refractivity contribution in [3.63, 3.8) is 0 Å². The minimum atomic E-state index is -0.502. The largest absolute Gasteiger partial charge is 0.465 e. The summed E-state index contributed by atoms with van der Waals surface area (Å²) >= 11 is 0. The normalized spacial score (nSPS) is 11.3. The lowest BCUT2D eigenvalue weighted by Gasteiger charge is -2.22. The van der Waals surface area contributed by atoms with Crippen molar-refractivity contribution < 1.29 is 19.1 Å². The van der Waals surface area contributed by atoms with Crippen LogP contribution in [0, 0.1) is 0 Å². The van der Waals surface area contributed by atoms with Crippen LogP contribution in [0.15, 0.2) is 54.6 Å². The van der Waals surface area contributed by atoms with Crippen molar-refractivity contribution in [1.82, 2.24) is 5.32 Å². The van der Waals surface area contributed by atoms with E-state index in [1.165, 1.54) is 25.0 Å². The first-order valence-electron chi connectivity index (χ1n) is 8.23. The first kappa shape index (κ1) is 19.2. The maximum Gasteiger partial charge on any atom is 0.337 e. The molecule has 0 saturated heterocycles. The van der Waals surface area contributed by atoms with Crippen molar-refractivity contribution in [3.05, 3.63) is 65.7 Å². The number of carbonyl (C=O) groups excluding carboxylic acids is 3. The van der Waals surface area contributed by atoms with Crippen molar-refractivity contribution in [3.8, 4) is 0 Å². The molecule has 2 aromatic rings. The van der Waals surface area contributed by atoms with Gasteiger partial charge in [-0.15, -0.1) is 0 Å². The zero-order chi connectivity index (χ0) is 19.1. The fourth-order valence-corrected chi connectivity index (χ4v) is 2.56. The summed E-state index contributed by atoms with van der Waals surface area (Å²) in [5.41, 5.74) is 1.75. The highest BCUT2D eigenvalue weighted by molar-refractivity contribution is 5.99. The van der Waals surface area contributed by atoms with Gasteiger partial charge < -0.3 is 15.0 Å². The molecule has 0 aliphatic rings. The summed E-state index contributed by atoms with van der Waals surface area (Å²) in [5, 5.41) is 2.88. The molecule has 1 unspecified atom stereocenters. The summed E-state index contributed by atoms with van der Waals surface area (Å²) < 4.78 is 4.69. The number of ether oxygens (including phenoxy) is 1. The van der Waals surface area contributed by atoms with E-state index >= 15 is 0 Å². The molecule has 1 atom stereocenters. The van der Waals surface area contributed by atoms with Crippen molar-refractivity contribution in [2.24, 2.45) is 0 Å². The molecule has 0 spiro atoms. The summed E-state index contributed by atoms with van der Waals surface area (Å²) in [7, 11) is 1.29. The fourth-order valence-electron chi connectivity index (χ4n) is 2.56. The van der Waals surface area contributed by atoms with Crippen LogP contribution in [0.1, 0.15) is 35.8 Å². The van der Waals surface area contributed by atoms with Gasteiger partial charge in [0.2, 0.25) is 11.8 Å². The third-order valence-electron chi connectivity index (χ3n) is 3.94. The maximum atomic E-state index is 12.4. The molecule has 136 valence electrons. The Labute approximate surface area is 152 Å². The number of nitrogens with zero attached hydrogens (tertiary/aromatic N) is 1. The Morgan fingerprint density at radius 1 is 1.08 bits per heavy atom. The Hall–Kier alpha value is -3.15. The zero-order valence-electron chi connectivity index (χ0n) is 15.1. The van der Waals surface area contributed by atoms with E-state index < -0.39 is 5.97 Å². The Kier molecular flexibility index (Phi) is 6.49. The van der Waals surface area contributed by atoms with E-state index in [4.69, 9.17) is 4.74 Å². The number of rotatable bonds is 6. The first-order valence-corrected chi connectivity index (χ1v) is 8.23. The van der Waals surface area contributed by atoms with Gasteiger partial charge >= 0.3 is 5.97 Å². The fraction of sp³-hybridized carbons (Fsp3) is 0.250. The van der Waals surface area contributed by atoms with E-state index in [2.05, 4.69) is 5.32 Å². The molecule has 26 heavy (non-hydrogen) atoms. The molecular formula is C20H22N2O4. The SMILES string of the molecule is COC(=O)c1cccc(N(CC(=O)NC(C)c2ccccc2)C(C)=O)c1. The van der Waals surface area contributed by atoms with Gasteiger partial charge in [-0.1, -0.05) is 36.4 Å². The Morgan fingerprint density at radius 2 is 1.77 bits per heavy atom. The average molecular weight is 354 g/mol. The number of methoxy groups -OCH3 is 1. The van der Waals surface area contributed by atoms with Crippen LogP contribution in [0.4, 0.5) is 5.69 Å². The second-order valence-electron chi connectivity index (χ2n) is 5.85. The van der Waals surface area contributed by atoms with Gasteiger partial charge in [0.05, 0.1) is 18.7 Å². The van der Waals surface area contributed by atoms with E-state index in [0.717, 1.165) is 5.56 Å². The summed E-state index contributed by atoms with van der Waals surface area (Å²) in [5.74, 6) is -1.09. The van der Waals surface area contributed by atoms with Gasteiger partial charge in [0.1, 0.15) is 6.54 Å². The van der Waals surface area contributed by atoms with Gasteiger partial charge in [0.15, 0.2) is 0 Å². The average Bonchev–Trinajstić information content (AvgIpc) is 2.66. The molecule has 2 amide bonds. The molecule has 0 radical (unpaired) electrons. The molecule has 0 saturated carbocycles. The lowest BCUT2D eigenvalue weighted by molar-refractivity contribution is -0.123. The summed E-state index contributed by atoms with van der Waals surface area (Å²) in [4.78, 5) is 37.4. The minimum Gasteiger partial charge on any atom is -0.465 e. The molecule has 0 heterocycles. The van der Waals surface area contributed by atoms with Crippen molar-refractivity contribution >= 4 is 23.5 Å². The van der Waals surface area contributed by atoms with Crippen molar-refractivity contribution in [1.29, 1.82) is 0 Å². The van der Waals surface area contributed by atoms with E-state index in [1.807, 2.05) is 37.3 Å². The van der Waals surface area contributed by atoms with Crippen LogP contribution in [0.25, 0.3) is 0 Å².